The third kappa shape index (κ3) is 5.17. The van der Waals surface area contributed by atoms with Crippen LogP contribution in [0.4, 0.5) is 4.79 Å². The number of amides is 1. The number of nitrogens with zero attached hydrogens (tertiary/aromatic N) is 2. The molecule has 0 radical (unpaired) electrons. The number of esters is 1. The van der Waals surface area contributed by atoms with Crippen LogP contribution in [0.3, 0.4) is 0 Å². The van der Waals surface area contributed by atoms with Crippen molar-refractivity contribution in [2.24, 2.45) is 4.99 Å². The van der Waals surface area contributed by atoms with Crippen molar-refractivity contribution in [3.8, 4) is 11.5 Å². The van der Waals surface area contributed by atoms with E-state index >= 15 is 0 Å². The summed E-state index contributed by atoms with van der Waals surface area (Å²) in [6, 6.07) is 5.28. The number of aliphatic imine (C=N–C) groups is 1. The lowest BCUT2D eigenvalue weighted by atomic mass is 10.1. The van der Waals surface area contributed by atoms with E-state index in [1.165, 1.54) is 16.7 Å². The fraction of sp³-hybridized carbons (Fsp3) is 0.526. The molecule has 1 aliphatic heterocycles. The summed E-state index contributed by atoms with van der Waals surface area (Å²) >= 11 is 1.41. The number of thioether (sulfide) groups is 1. The zero-order valence-corrected chi connectivity index (χ0v) is 17.6. The second-order valence-electron chi connectivity index (χ2n) is 6.44. The summed E-state index contributed by atoms with van der Waals surface area (Å²) in [6.07, 6.45) is -0.541. The number of methoxy groups -OCH3 is 1. The molecule has 0 aliphatic carbocycles. The fourth-order valence-corrected chi connectivity index (χ4v) is 3.53. The van der Waals surface area contributed by atoms with Crippen molar-refractivity contribution in [3.05, 3.63) is 23.8 Å². The van der Waals surface area contributed by atoms with Crippen LogP contribution < -0.4 is 9.47 Å². The van der Waals surface area contributed by atoms with E-state index in [2.05, 4.69) is 4.99 Å². The first-order chi connectivity index (χ1) is 13.3. The van der Waals surface area contributed by atoms with Crippen LogP contribution in [0.2, 0.25) is 0 Å². The molecule has 1 aromatic rings. The summed E-state index contributed by atoms with van der Waals surface area (Å²) < 4.78 is 21.4. The molecule has 1 aliphatic rings. The molecule has 1 heterocycles. The molecular formula is C19H26N2O6S. The highest BCUT2D eigenvalue weighted by molar-refractivity contribution is 8.14. The fourth-order valence-electron chi connectivity index (χ4n) is 2.34. The lowest BCUT2D eigenvalue weighted by Gasteiger charge is -2.18. The molecular weight excluding hydrogens is 384 g/mol. The number of carbonyl (C=O) groups excluding carboxylic acids is 2. The maximum absolute atomic E-state index is 12.3. The molecule has 0 saturated heterocycles. The van der Waals surface area contributed by atoms with Crippen molar-refractivity contribution >= 4 is 28.9 Å². The molecule has 2 rings (SSSR count). The molecule has 0 N–H and O–H groups in total. The van der Waals surface area contributed by atoms with Gasteiger partial charge in [-0.2, -0.15) is 0 Å². The van der Waals surface area contributed by atoms with Gasteiger partial charge in [-0.1, -0.05) is 6.07 Å². The van der Waals surface area contributed by atoms with Gasteiger partial charge in [0, 0.05) is 27.0 Å². The van der Waals surface area contributed by atoms with Gasteiger partial charge in [-0.15, -0.1) is 11.8 Å². The lowest BCUT2D eigenvalue weighted by Crippen LogP contribution is -2.35. The average Bonchev–Trinajstić information content (AvgIpc) is 3.06. The number of rotatable bonds is 8. The van der Waals surface area contributed by atoms with Gasteiger partial charge in [0.2, 0.25) is 0 Å². The number of benzene rings is 1. The monoisotopic (exact) mass is 410 g/mol. The Morgan fingerprint density at radius 3 is 2.68 bits per heavy atom. The first-order valence-electron chi connectivity index (χ1n) is 8.86. The van der Waals surface area contributed by atoms with Crippen molar-refractivity contribution in [1.82, 2.24) is 4.90 Å². The molecule has 9 heteroatoms. The Morgan fingerprint density at radius 2 is 2.04 bits per heavy atom. The third-order valence-corrected chi connectivity index (χ3v) is 5.15. The molecule has 1 aromatic carbocycles. The van der Waals surface area contributed by atoms with Crippen molar-refractivity contribution in [2.45, 2.75) is 19.4 Å². The number of hydrogen-bond donors (Lipinski definition) is 0. The van der Waals surface area contributed by atoms with Gasteiger partial charge in [0.1, 0.15) is 11.7 Å². The molecule has 8 nitrogen and oxygen atoms in total. The van der Waals surface area contributed by atoms with E-state index in [9.17, 15) is 9.59 Å². The van der Waals surface area contributed by atoms with Gasteiger partial charge in [-0.3, -0.25) is 4.99 Å². The first kappa shape index (κ1) is 22.0. The van der Waals surface area contributed by atoms with Crippen molar-refractivity contribution in [1.29, 1.82) is 0 Å². The summed E-state index contributed by atoms with van der Waals surface area (Å²) in [7, 11) is 4.76. The Labute approximate surface area is 169 Å². The van der Waals surface area contributed by atoms with E-state index in [4.69, 9.17) is 18.9 Å². The molecule has 154 valence electrons. The molecule has 0 spiro atoms. The quantitative estimate of drug-likeness (QED) is 0.481. The molecule has 0 aromatic heterocycles. The van der Waals surface area contributed by atoms with E-state index in [1.54, 1.807) is 53.3 Å². The van der Waals surface area contributed by atoms with Crippen LogP contribution in [0.15, 0.2) is 23.2 Å². The Hall–Kier alpha value is -2.26. The smallest absolute Gasteiger partial charge is 0.414 e. The summed E-state index contributed by atoms with van der Waals surface area (Å²) in [4.78, 5) is 30.3. The molecule has 0 saturated carbocycles. The van der Waals surface area contributed by atoms with Crippen LogP contribution in [-0.2, 0) is 14.3 Å². The Morgan fingerprint density at radius 1 is 1.29 bits per heavy atom. The van der Waals surface area contributed by atoms with Crippen molar-refractivity contribution < 1.29 is 28.5 Å². The van der Waals surface area contributed by atoms with Crippen molar-refractivity contribution in [2.75, 3.05) is 46.8 Å². The van der Waals surface area contributed by atoms with Crippen molar-refractivity contribution in [3.63, 3.8) is 0 Å². The standard InChI is InChI=1S/C19H26N2O6S/c1-6-25-17(22)19(2)12-28-16(20-19)13-8-7-9-14(26-11-10-24-5)15(13)27-18(23)21(3)4/h7-9H,6,10-12H2,1-5H3/t19-/m1/s1. The highest BCUT2D eigenvalue weighted by Gasteiger charge is 2.40. The summed E-state index contributed by atoms with van der Waals surface area (Å²) in [5, 5.41) is 0.592. The Kier molecular flexibility index (Phi) is 7.70. The highest BCUT2D eigenvalue weighted by Crippen LogP contribution is 2.39. The number of ether oxygens (including phenoxy) is 4. The van der Waals surface area contributed by atoms with Gasteiger partial charge < -0.3 is 23.8 Å². The minimum Gasteiger partial charge on any atom is -0.487 e. The molecule has 0 fully saturated rings. The summed E-state index contributed by atoms with van der Waals surface area (Å²) in [5.74, 6) is 0.725. The zero-order valence-electron chi connectivity index (χ0n) is 16.8. The SMILES string of the molecule is CCOC(=O)[C@@]1(C)CSC(c2cccc(OCCOC)c2OC(=O)N(C)C)=N1. The van der Waals surface area contributed by atoms with E-state index in [0.29, 0.717) is 41.9 Å². The minimum absolute atomic E-state index is 0.261. The van der Waals surface area contributed by atoms with Gasteiger partial charge in [0.15, 0.2) is 17.0 Å². The van der Waals surface area contributed by atoms with Gasteiger partial charge in [-0.25, -0.2) is 9.59 Å². The topological polar surface area (TPSA) is 86.7 Å². The predicted molar refractivity (Wildman–Crippen MR) is 108 cm³/mol. The second kappa shape index (κ2) is 9.79. The largest absolute Gasteiger partial charge is 0.487 e. The molecule has 0 unspecified atom stereocenters. The maximum atomic E-state index is 12.3. The van der Waals surface area contributed by atoms with Gasteiger partial charge in [0.25, 0.3) is 0 Å². The van der Waals surface area contributed by atoms with E-state index in [0.717, 1.165) is 0 Å². The van der Waals surface area contributed by atoms with Gasteiger partial charge in [0.05, 0.1) is 18.8 Å². The van der Waals surface area contributed by atoms with Crippen LogP contribution in [0, 0.1) is 0 Å². The second-order valence-corrected chi connectivity index (χ2v) is 7.40. The third-order valence-electron chi connectivity index (χ3n) is 3.86. The lowest BCUT2D eigenvalue weighted by molar-refractivity contribution is -0.147. The van der Waals surface area contributed by atoms with E-state index in [1.807, 2.05) is 0 Å². The highest BCUT2D eigenvalue weighted by atomic mass is 32.2. The van der Waals surface area contributed by atoms with E-state index < -0.39 is 11.6 Å². The maximum Gasteiger partial charge on any atom is 0.414 e. The summed E-state index contributed by atoms with van der Waals surface area (Å²) in [6.45, 7) is 4.47. The minimum atomic E-state index is -0.980. The predicted octanol–water partition coefficient (Wildman–Crippen LogP) is 2.59. The van der Waals surface area contributed by atoms with Crippen LogP contribution in [0.1, 0.15) is 19.4 Å². The van der Waals surface area contributed by atoms with Crippen LogP contribution in [0.25, 0.3) is 0 Å². The number of carbonyl (C=O) groups is 2. The van der Waals surface area contributed by atoms with Crippen LogP contribution in [-0.4, -0.2) is 74.3 Å². The number of hydrogen-bond acceptors (Lipinski definition) is 8. The number of para-hydroxylation sites is 1. The van der Waals surface area contributed by atoms with E-state index in [-0.39, 0.29) is 11.7 Å². The zero-order chi connectivity index (χ0) is 20.7. The molecule has 0 bridgehead atoms. The normalized spacial score (nSPS) is 18.4. The average molecular weight is 410 g/mol. The molecule has 1 atom stereocenters. The van der Waals surface area contributed by atoms with Crippen LogP contribution >= 0.6 is 11.8 Å². The van der Waals surface area contributed by atoms with Gasteiger partial charge >= 0.3 is 12.1 Å². The Balaban J connectivity index is 2.41. The first-order valence-corrected chi connectivity index (χ1v) is 9.85. The molecule has 1 amide bonds. The van der Waals surface area contributed by atoms with Crippen LogP contribution in [0.5, 0.6) is 11.5 Å². The van der Waals surface area contributed by atoms with Gasteiger partial charge in [-0.05, 0) is 26.0 Å². The molecule has 28 heavy (non-hydrogen) atoms. The Bertz CT molecular complexity index is 752. The summed E-state index contributed by atoms with van der Waals surface area (Å²) in [5.41, 5.74) is -0.394.